The Hall–Kier alpha value is 1.67. The van der Waals surface area contributed by atoms with Gasteiger partial charge in [0.05, 0.1) is 12.1 Å². The largest absolute Gasteiger partial charge is 0 e. The van der Waals surface area contributed by atoms with E-state index in [0.717, 1.165) is 32.0 Å². The summed E-state index contributed by atoms with van der Waals surface area (Å²) in [6.07, 6.45) is 17.1. The summed E-state index contributed by atoms with van der Waals surface area (Å²) in [5.74, 6) is 0. The molecule has 0 aliphatic heterocycles. The summed E-state index contributed by atoms with van der Waals surface area (Å²) in [4.78, 5) is 7.15. The van der Waals surface area contributed by atoms with Gasteiger partial charge in [0.25, 0.3) is 0 Å². The molecule has 0 aliphatic rings. The maximum atomic E-state index is 7.32. The Bertz CT molecular complexity index is 618. The van der Waals surface area contributed by atoms with Crippen LogP contribution in [0.5, 0.6) is 0 Å². The second kappa shape index (κ2) is 49.7. The first-order valence-electron chi connectivity index (χ1n) is 8.10. The Labute approximate surface area is 289 Å². The molecule has 0 heterocycles. The first-order chi connectivity index (χ1) is 13.3. The Morgan fingerprint density at radius 3 is 1.16 bits per heavy atom. The smallest absolute Gasteiger partial charge is 0 e. The average Bonchev–Trinajstić information content (AvgIpc) is 2.64. The van der Waals surface area contributed by atoms with Crippen LogP contribution in [0.1, 0.15) is 54.4 Å². The van der Waals surface area contributed by atoms with E-state index in [4.69, 9.17) is 24.0 Å². The number of nitriles is 2. The van der Waals surface area contributed by atoms with Crippen LogP contribution >= 0.6 is 0 Å². The third-order valence-electron chi connectivity index (χ3n) is 1.96. The molecule has 0 aromatic carbocycles. The molecule has 0 bridgehead atoms. The molecule has 0 fully saturated rings. The van der Waals surface area contributed by atoms with Crippen molar-refractivity contribution >= 4 is 21.2 Å². The van der Waals surface area contributed by atoms with E-state index in [1.54, 1.807) is 24.3 Å². The molecule has 170 valence electrons. The molecule has 0 saturated heterocycles. The molecule has 0 rings (SSSR count). The summed E-state index contributed by atoms with van der Waals surface area (Å²) in [5, 5.41) is 14.6. The van der Waals surface area contributed by atoms with Gasteiger partial charge in [-0.2, -0.15) is 10.5 Å². The predicted molar refractivity (Wildman–Crippen MR) is 111 cm³/mol. The molecule has 2 radical (unpaired) electrons. The molecule has 0 unspecified atom stereocenters. The first-order valence-corrected chi connectivity index (χ1v) is 11.0. The van der Waals surface area contributed by atoms with Crippen LogP contribution in [0.25, 0.3) is 0 Å². The number of nitrogens with zero attached hydrogens (tertiary/aromatic N) is 4. The van der Waals surface area contributed by atoms with Crippen LogP contribution in [-0.4, -0.2) is 21.2 Å². The van der Waals surface area contributed by atoms with E-state index >= 15 is 0 Å². The molecule has 0 N–H and O–H groups in total. The molecule has 0 amide bonds. The fraction of sp³-hybridized carbons (Fsp3) is 0.364. The van der Waals surface area contributed by atoms with Crippen molar-refractivity contribution in [2.75, 3.05) is 0 Å². The van der Waals surface area contributed by atoms with Gasteiger partial charge in [0, 0.05) is 113 Å². The van der Waals surface area contributed by atoms with Crippen LogP contribution in [0.4, 0.5) is 0 Å². The summed E-state index contributed by atoms with van der Waals surface area (Å²) in [6.45, 7) is 21.1. The molecular formula is C22H26N4U2V2W2-6. The molecule has 0 atom stereocenters. The molecule has 32 heavy (non-hydrogen) atoms. The van der Waals surface area contributed by atoms with Gasteiger partial charge in [-0.05, 0) is 0 Å². The van der Waals surface area contributed by atoms with Crippen molar-refractivity contribution in [2.24, 2.45) is 9.98 Å². The quantitative estimate of drug-likeness (QED) is 0.203. The summed E-state index contributed by atoms with van der Waals surface area (Å²) in [7, 11) is 0. The Balaban J connectivity index is -0.0000000436. The number of allylic oxidation sites excluding steroid dienone is 8. The van der Waals surface area contributed by atoms with E-state index in [2.05, 4.69) is 34.3 Å². The zero-order valence-electron chi connectivity index (χ0n) is 19.2. The zero-order chi connectivity index (χ0) is 22.8. The van der Waals surface area contributed by atoms with Crippen molar-refractivity contribution in [3.63, 3.8) is 0 Å². The van der Waals surface area contributed by atoms with Gasteiger partial charge in [-0.1, -0.05) is 0 Å². The van der Waals surface area contributed by atoms with Crippen molar-refractivity contribution in [3.8, 4) is 12.1 Å². The second-order valence-electron chi connectivity index (χ2n) is 4.21. The van der Waals surface area contributed by atoms with Crippen LogP contribution in [0, 0.1) is 109 Å². The molecule has 4 nitrogen and oxygen atoms in total. The fourth-order valence-electron chi connectivity index (χ4n) is 0.903. The standard InChI is InChI=1S/2C9H10N.2C2H3N.2U.2V.2W/c2*1-4-6-7-8-9(5-2)10-3;2*1-2-3;;;;;;/h2*3,7H,4H2,1-2H3;2*1H3;;;;;;/q2*-3;;;;;;;;. The molecule has 0 aromatic rings. The van der Waals surface area contributed by atoms with Gasteiger partial charge in [-0.3, -0.25) is 0 Å². The predicted octanol–water partition coefficient (Wildman–Crippen LogP) is 4.57. The van der Waals surface area contributed by atoms with E-state index in [0.29, 0.717) is 0 Å². The normalized spacial score (nSPS) is 8.75. The van der Waals surface area contributed by atoms with Crippen molar-refractivity contribution < 1.29 is 138 Å². The van der Waals surface area contributed by atoms with Crippen LogP contribution in [0.2, 0.25) is 0 Å². The van der Waals surface area contributed by atoms with Gasteiger partial charge in [0.2, 0.25) is 0 Å². The van der Waals surface area contributed by atoms with Crippen molar-refractivity contribution in [1.82, 2.24) is 0 Å². The molecule has 0 aliphatic carbocycles. The maximum Gasteiger partial charge on any atom is 0 e. The summed E-state index contributed by atoms with van der Waals surface area (Å²) in [6, 6.07) is 3.50. The SMILES string of the molecule is CC#N.CC#N.[CH-]=NC(=[C-]C=[C-]CC)[C](C)=[W].[CH-]=NC(=[C-]C=[C-]CC)[C](C)=[W].[U].[U].[V].[V]. The van der Waals surface area contributed by atoms with Crippen molar-refractivity contribution in [1.29, 1.82) is 10.5 Å². The van der Waals surface area contributed by atoms with Crippen LogP contribution < -0.4 is 0 Å². The number of rotatable bonds is 8. The van der Waals surface area contributed by atoms with Crippen molar-refractivity contribution in [2.45, 2.75) is 54.4 Å². The zero-order valence-corrected chi connectivity index (χ0v) is 36.2. The van der Waals surface area contributed by atoms with E-state index in [1.165, 1.54) is 52.6 Å². The second-order valence-corrected chi connectivity index (χ2v) is 8.61. The first kappa shape index (κ1) is 54.5. The minimum atomic E-state index is 0. The van der Waals surface area contributed by atoms with Gasteiger partial charge in [0.15, 0.2) is 0 Å². The summed E-state index contributed by atoms with van der Waals surface area (Å²) < 4.78 is 2.28. The fourth-order valence-corrected chi connectivity index (χ4v) is 1.70. The van der Waals surface area contributed by atoms with E-state index in [9.17, 15) is 0 Å². The topological polar surface area (TPSA) is 72.3 Å². The van der Waals surface area contributed by atoms with E-state index < -0.39 is 0 Å². The van der Waals surface area contributed by atoms with Gasteiger partial charge >= 0.3 is 158 Å². The number of hydrogen-bond acceptors (Lipinski definition) is 4. The number of hydrogen-bond donors (Lipinski definition) is 0. The molecular weight excluding hydrogens is 1270 g/mol. The minimum Gasteiger partial charge on any atom is 0 e. The Morgan fingerprint density at radius 1 is 0.812 bits per heavy atom. The third-order valence-corrected chi connectivity index (χ3v) is 3.34. The molecule has 0 aromatic heterocycles. The number of aliphatic imine (C=N–C) groups is 2. The van der Waals surface area contributed by atoms with Crippen LogP contribution in [0.15, 0.2) is 33.5 Å². The van der Waals surface area contributed by atoms with Gasteiger partial charge in [-0.25, -0.2) is 0 Å². The van der Waals surface area contributed by atoms with Crippen molar-refractivity contribution in [3.05, 3.63) is 47.9 Å². The molecule has 0 saturated carbocycles. The monoisotopic (exact) mass is 1290 g/mol. The molecule has 0 spiro atoms. The summed E-state index contributed by atoms with van der Waals surface area (Å²) >= 11 is 2.73. The van der Waals surface area contributed by atoms with E-state index in [1.807, 2.05) is 27.7 Å². The van der Waals surface area contributed by atoms with Crippen LogP contribution in [-0.2, 0) is 75.8 Å². The van der Waals surface area contributed by atoms with Gasteiger partial charge in [-0.15, -0.1) is 0 Å². The van der Waals surface area contributed by atoms with Gasteiger partial charge in [0.1, 0.15) is 0 Å². The minimum absolute atomic E-state index is 0. The Kier molecular flexibility index (Phi) is 84.7. The molecule has 10 heteroatoms. The third kappa shape index (κ3) is 53.2. The Morgan fingerprint density at radius 2 is 1.03 bits per heavy atom. The summed E-state index contributed by atoms with van der Waals surface area (Å²) in [5.41, 5.74) is 1.47. The van der Waals surface area contributed by atoms with Gasteiger partial charge < -0.3 is 0 Å². The van der Waals surface area contributed by atoms with Crippen LogP contribution in [0.3, 0.4) is 0 Å². The average molecular weight is 1290 g/mol. The maximum absolute atomic E-state index is 7.32. The van der Waals surface area contributed by atoms with E-state index in [-0.39, 0.29) is 99.3 Å².